The van der Waals surface area contributed by atoms with E-state index in [1.165, 1.54) is 0 Å². The number of benzene rings is 1. The van der Waals surface area contributed by atoms with Crippen molar-refractivity contribution in [2.45, 2.75) is 18.9 Å². The number of anilines is 1. The van der Waals surface area contributed by atoms with Gasteiger partial charge in [0, 0.05) is 17.1 Å². The lowest BCUT2D eigenvalue weighted by atomic mass is 10.0. The highest BCUT2D eigenvalue weighted by Gasteiger charge is 2.28. The Morgan fingerprint density at radius 2 is 2.38 bits per heavy atom. The van der Waals surface area contributed by atoms with E-state index < -0.39 is 0 Å². The van der Waals surface area contributed by atoms with Gasteiger partial charge in [0.15, 0.2) is 0 Å². The van der Waals surface area contributed by atoms with Crippen molar-refractivity contribution >= 4 is 17.3 Å². The average molecular weight is 236 g/mol. The van der Waals surface area contributed by atoms with Gasteiger partial charge in [0.05, 0.1) is 11.3 Å². The van der Waals surface area contributed by atoms with Gasteiger partial charge in [-0.15, -0.1) is 0 Å². The molecule has 1 saturated heterocycles. The molecule has 0 aromatic heterocycles. The second-order valence-corrected chi connectivity index (χ2v) is 4.85. The Morgan fingerprint density at radius 1 is 1.56 bits per heavy atom. The summed E-state index contributed by atoms with van der Waals surface area (Å²) in [5, 5.41) is 16.4. The van der Waals surface area contributed by atoms with Gasteiger partial charge >= 0.3 is 0 Å². The van der Waals surface area contributed by atoms with Crippen LogP contribution in [0.1, 0.15) is 18.9 Å². The zero-order chi connectivity index (χ0) is 11.6. The summed E-state index contributed by atoms with van der Waals surface area (Å²) in [6.07, 6.45) is 1.06. The van der Waals surface area contributed by atoms with E-state index in [9.17, 15) is 0 Å². The van der Waals surface area contributed by atoms with Crippen LogP contribution < -0.4 is 10.6 Å². The Hall–Kier alpha value is -1.24. The van der Waals surface area contributed by atoms with Gasteiger partial charge in [0.2, 0.25) is 0 Å². The minimum atomic E-state index is 0.0272. The fourth-order valence-electron chi connectivity index (χ4n) is 1.97. The molecule has 1 aromatic carbocycles. The third kappa shape index (κ3) is 2.29. The molecule has 0 amide bonds. The number of nitrogens with one attached hydrogen (secondary N) is 2. The highest BCUT2D eigenvalue weighted by Crippen LogP contribution is 2.25. The Labute approximate surface area is 100 Å². The first-order valence-electron chi connectivity index (χ1n) is 5.31. The lowest BCUT2D eigenvalue weighted by Crippen LogP contribution is -2.37. The zero-order valence-corrected chi connectivity index (χ0v) is 9.93. The first kappa shape index (κ1) is 11.3. The van der Waals surface area contributed by atoms with Gasteiger partial charge in [-0.1, -0.05) is 11.6 Å². The molecule has 0 bridgehead atoms. The van der Waals surface area contributed by atoms with Crippen LogP contribution in [0, 0.1) is 11.3 Å². The van der Waals surface area contributed by atoms with E-state index in [4.69, 9.17) is 16.9 Å². The molecular weight excluding hydrogens is 222 g/mol. The van der Waals surface area contributed by atoms with E-state index in [-0.39, 0.29) is 5.54 Å². The van der Waals surface area contributed by atoms with Crippen molar-refractivity contribution in [2.75, 3.05) is 18.4 Å². The highest BCUT2D eigenvalue weighted by molar-refractivity contribution is 6.30. The van der Waals surface area contributed by atoms with Crippen molar-refractivity contribution in [3.8, 4) is 6.07 Å². The van der Waals surface area contributed by atoms with Gasteiger partial charge in [-0.2, -0.15) is 5.26 Å². The van der Waals surface area contributed by atoms with Crippen LogP contribution in [0.3, 0.4) is 0 Å². The number of hydrogen-bond donors (Lipinski definition) is 2. The predicted octanol–water partition coefficient (Wildman–Crippen LogP) is 2.38. The van der Waals surface area contributed by atoms with Crippen LogP contribution in [-0.4, -0.2) is 18.6 Å². The smallest absolute Gasteiger partial charge is 0.101 e. The SMILES string of the molecule is CC1(Nc2ccc(Cl)cc2C#N)CCNC1. The Kier molecular flexibility index (Phi) is 3.04. The molecule has 4 heteroatoms. The van der Waals surface area contributed by atoms with E-state index in [1.54, 1.807) is 12.1 Å². The largest absolute Gasteiger partial charge is 0.377 e. The molecule has 2 N–H and O–H groups in total. The molecule has 0 radical (unpaired) electrons. The summed E-state index contributed by atoms with van der Waals surface area (Å²) < 4.78 is 0. The molecule has 2 rings (SSSR count). The van der Waals surface area contributed by atoms with Crippen molar-refractivity contribution < 1.29 is 0 Å². The number of nitriles is 1. The molecule has 0 aliphatic carbocycles. The van der Waals surface area contributed by atoms with Gasteiger partial charge in [-0.25, -0.2) is 0 Å². The molecule has 16 heavy (non-hydrogen) atoms. The molecular formula is C12H14ClN3. The third-order valence-corrected chi connectivity index (χ3v) is 3.14. The monoisotopic (exact) mass is 235 g/mol. The van der Waals surface area contributed by atoms with E-state index in [0.29, 0.717) is 10.6 Å². The molecule has 1 atom stereocenters. The van der Waals surface area contributed by atoms with Crippen molar-refractivity contribution in [1.29, 1.82) is 5.26 Å². The average Bonchev–Trinajstić information content (AvgIpc) is 2.68. The maximum Gasteiger partial charge on any atom is 0.101 e. The summed E-state index contributed by atoms with van der Waals surface area (Å²) in [6.45, 7) is 4.09. The first-order chi connectivity index (χ1) is 7.63. The van der Waals surface area contributed by atoms with Crippen LogP contribution in [0.4, 0.5) is 5.69 Å². The maximum atomic E-state index is 9.04. The summed E-state index contributed by atoms with van der Waals surface area (Å²) in [5.74, 6) is 0. The van der Waals surface area contributed by atoms with Gasteiger partial charge in [-0.3, -0.25) is 0 Å². The number of rotatable bonds is 2. The fraction of sp³-hybridized carbons (Fsp3) is 0.417. The second kappa shape index (κ2) is 4.32. The maximum absolute atomic E-state index is 9.04. The third-order valence-electron chi connectivity index (χ3n) is 2.91. The van der Waals surface area contributed by atoms with E-state index in [2.05, 4.69) is 23.6 Å². The fourth-order valence-corrected chi connectivity index (χ4v) is 2.14. The molecule has 0 saturated carbocycles. The van der Waals surface area contributed by atoms with Crippen LogP contribution in [0.25, 0.3) is 0 Å². The van der Waals surface area contributed by atoms with E-state index in [0.717, 1.165) is 25.2 Å². The molecule has 1 aliphatic rings. The van der Waals surface area contributed by atoms with Gasteiger partial charge < -0.3 is 10.6 Å². The van der Waals surface area contributed by atoms with Gasteiger partial charge in [-0.05, 0) is 38.1 Å². The molecule has 0 spiro atoms. The Bertz CT molecular complexity index is 430. The lowest BCUT2D eigenvalue weighted by Gasteiger charge is -2.26. The van der Waals surface area contributed by atoms with Crippen molar-refractivity contribution in [3.05, 3.63) is 28.8 Å². The Balaban J connectivity index is 2.24. The van der Waals surface area contributed by atoms with Crippen LogP contribution in [-0.2, 0) is 0 Å². The minimum Gasteiger partial charge on any atom is -0.377 e. The molecule has 1 aliphatic heterocycles. The van der Waals surface area contributed by atoms with E-state index >= 15 is 0 Å². The topological polar surface area (TPSA) is 47.9 Å². The van der Waals surface area contributed by atoms with Crippen molar-refractivity contribution in [3.63, 3.8) is 0 Å². The predicted molar refractivity (Wildman–Crippen MR) is 65.7 cm³/mol. The van der Waals surface area contributed by atoms with Crippen LogP contribution in [0.15, 0.2) is 18.2 Å². The first-order valence-corrected chi connectivity index (χ1v) is 5.69. The van der Waals surface area contributed by atoms with E-state index in [1.807, 2.05) is 6.07 Å². The highest BCUT2D eigenvalue weighted by atomic mass is 35.5. The standard InChI is InChI=1S/C12H14ClN3/c1-12(4-5-15-8-12)16-11-3-2-10(13)6-9(11)7-14/h2-3,6,15-16H,4-5,8H2,1H3. The van der Waals surface area contributed by atoms with Crippen LogP contribution in [0.5, 0.6) is 0 Å². The summed E-state index contributed by atoms with van der Waals surface area (Å²) in [4.78, 5) is 0. The number of halogens is 1. The zero-order valence-electron chi connectivity index (χ0n) is 9.18. The lowest BCUT2D eigenvalue weighted by molar-refractivity contribution is 0.567. The molecule has 84 valence electrons. The summed E-state index contributed by atoms with van der Waals surface area (Å²) in [6, 6.07) is 7.52. The molecule has 1 aromatic rings. The molecule has 3 nitrogen and oxygen atoms in total. The molecule has 1 heterocycles. The molecule has 1 fully saturated rings. The molecule has 1 unspecified atom stereocenters. The van der Waals surface area contributed by atoms with Gasteiger partial charge in [0.1, 0.15) is 6.07 Å². The summed E-state index contributed by atoms with van der Waals surface area (Å²) in [7, 11) is 0. The van der Waals surface area contributed by atoms with Crippen LogP contribution >= 0.6 is 11.6 Å². The van der Waals surface area contributed by atoms with Gasteiger partial charge in [0.25, 0.3) is 0 Å². The van der Waals surface area contributed by atoms with Crippen molar-refractivity contribution in [1.82, 2.24) is 5.32 Å². The number of nitrogens with zero attached hydrogens (tertiary/aromatic N) is 1. The number of hydrogen-bond acceptors (Lipinski definition) is 3. The Morgan fingerprint density at radius 3 is 3.00 bits per heavy atom. The van der Waals surface area contributed by atoms with Crippen LogP contribution in [0.2, 0.25) is 5.02 Å². The normalized spacial score (nSPS) is 24.1. The summed E-state index contributed by atoms with van der Waals surface area (Å²) >= 11 is 5.86. The summed E-state index contributed by atoms with van der Waals surface area (Å²) in [5.41, 5.74) is 1.48. The quantitative estimate of drug-likeness (QED) is 0.828. The van der Waals surface area contributed by atoms with Crippen molar-refractivity contribution in [2.24, 2.45) is 0 Å². The second-order valence-electron chi connectivity index (χ2n) is 4.41. The minimum absolute atomic E-state index is 0.0272.